The third-order valence-corrected chi connectivity index (χ3v) is 5.42. The summed E-state index contributed by atoms with van der Waals surface area (Å²) in [5, 5.41) is 0. The van der Waals surface area contributed by atoms with Crippen molar-refractivity contribution in [1.82, 2.24) is 0 Å². The summed E-state index contributed by atoms with van der Waals surface area (Å²) in [6, 6.07) is 11.0. The highest BCUT2D eigenvalue weighted by molar-refractivity contribution is 5.99. The topological polar surface area (TPSA) is 72.5 Å². The second-order valence-corrected chi connectivity index (χ2v) is 8.23. The SMILES string of the molecule is CCCCCOC1=C(C(=O)OC)C(c2ccc3c(c2)OCO3)Oc2ccc(OC(C)C)cc21. The second kappa shape index (κ2) is 10.1. The van der Waals surface area contributed by atoms with Gasteiger partial charge in [-0.25, -0.2) is 4.79 Å². The van der Waals surface area contributed by atoms with Crippen molar-refractivity contribution in [2.75, 3.05) is 20.5 Å². The molecule has 0 N–H and O–H groups in total. The predicted octanol–water partition coefficient (Wildman–Crippen LogP) is 5.43. The van der Waals surface area contributed by atoms with E-state index >= 15 is 0 Å². The highest BCUT2D eigenvalue weighted by atomic mass is 16.7. The molecular formula is C26H30O7. The summed E-state index contributed by atoms with van der Waals surface area (Å²) < 4.78 is 34.6. The van der Waals surface area contributed by atoms with Gasteiger partial charge in [0, 0.05) is 5.56 Å². The molecule has 2 aliphatic rings. The standard InChI is InChI=1S/C26H30O7/c1-5-6-7-12-29-25-19-14-18(32-16(2)3)9-11-20(19)33-24(23(25)26(27)28-4)17-8-10-21-22(13-17)31-15-30-21/h8-11,13-14,16,24H,5-7,12,15H2,1-4H3. The van der Waals surface area contributed by atoms with E-state index in [2.05, 4.69) is 6.92 Å². The zero-order valence-corrected chi connectivity index (χ0v) is 19.5. The number of fused-ring (bicyclic) bond motifs is 2. The average Bonchev–Trinajstić information content (AvgIpc) is 3.28. The third kappa shape index (κ3) is 4.87. The highest BCUT2D eigenvalue weighted by Gasteiger charge is 2.37. The normalized spacial score (nSPS) is 16.3. The van der Waals surface area contributed by atoms with Crippen molar-refractivity contribution >= 4 is 11.7 Å². The minimum absolute atomic E-state index is 0.00641. The van der Waals surface area contributed by atoms with Crippen LogP contribution in [0.4, 0.5) is 0 Å². The quantitative estimate of drug-likeness (QED) is 0.370. The molecule has 0 spiro atoms. The van der Waals surface area contributed by atoms with Gasteiger partial charge in [-0.15, -0.1) is 0 Å². The number of benzene rings is 2. The molecule has 2 heterocycles. The van der Waals surface area contributed by atoms with E-state index in [4.69, 9.17) is 28.4 Å². The van der Waals surface area contributed by atoms with Gasteiger partial charge < -0.3 is 28.4 Å². The van der Waals surface area contributed by atoms with E-state index in [1.54, 1.807) is 0 Å². The molecule has 33 heavy (non-hydrogen) atoms. The number of methoxy groups -OCH3 is 1. The Kier molecular flexibility index (Phi) is 6.96. The Morgan fingerprint density at radius 2 is 1.85 bits per heavy atom. The molecule has 0 aromatic heterocycles. The lowest BCUT2D eigenvalue weighted by atomic mass is 9.94. The molecule has 1 unspecified atom stereocenters. The first-order valence-corrected chi connectivity index (χ1v) is 11.3. The minimum Gasteiger partial charge on any atom is -0.492 e. The van der Waals surface area contributed by atoms with Gasteiger partial charge in [0.05, 0.1) is 25.4 Å². The maximum absolute atomic E-state index is 13.0. The van der Waals surface area contributed by atoms with Crippen LogP contribution in [0.3, 0.4) is 0 Å². The van der Waals surface area contributed by atoms with Gasteiger partial charge in [-0.1, -0.05) is 25.8 Å². The van der Waals surface area contributed by atoms with E-state index in [-0.39, 0.29) is 12.9 Å². The lowest BCUT2D eigenvalue weighted by Gasteiger charge is -2.30. The molecule has 4 rings (SSSR count). The number of hydrogen-bond donors (Lipinski definition) is 0. The zero-order valence-electron chi connectivity index (χ0n) is 19.5. The maximum Gasteiger partial charge on any atom is 0.341 e. The predicted molar refractivity (Wildman–Crippen MR) is 123 cm³/mol. The van der Waals surface area contributed by atoms with Gasteiger partial charge in [0.15, 0.2) is 17.6 Å². The molecular weight excluding hydrogens is 424 g/mol. The van der Waals surface area contributed by atoms with Gasteiger partial charge in [-0.05, 0) is 50.6 Å². The van der Waals surface area contributed by atoms with Crippen molar-refractivity contribution < 1.29 is 33.2 Å². The lowest BCUT2D eigenvalue weighted by molar-refractivity contribution is -0.137. The van der Waals surface area contributed by atoms with Crippen molar-refractivity contribution in [3.63, 3.8) is 0 Å². The molecule has 0 fully saturated rings. The fourth-order valence-electron chi connectivity index (χ4n) is 3.89. The molecule has 0 saturated carbocycles. The van der Waals surface area contributed by atoms with Crippen LogP contribution in [0.15, 0.2) is 42.0 Å². The Hall–Kier alpha value is -3.35. The van der Waals surface area contributed by atoms with Crippen LogP contribution in [0.1, 0.15) is 57.3 Å². The summed E-state index contributed by atoms with van der Waals surface area (Å²) in [6.07, 6.45) is 2.26. The first-order valence-electron chi connectivity index (χ1n) is 11.3. The van der Waals surface area contributed by atoms with E-state index in [9.17, 15) is 4.79 Å². The van der Waals surface area contributed by atoms with Crippen LogP contribution in [0.5, 0.6) is 23.0 Å². The summed E-state index contributed by atoms with van der Waals surface area (Å²) in [7, 11) is 1.36. The highest BCUT2D eigenvalue weighted by Crippen LogP contribution is 2.46. The van der Waals surface area contributed by atoms with Crippen molar-refractivity contribution in [2.45, 2.75) is 52.2 Å². The van der Waals surface area contributed by atoms with Crippen LogP contribution in [-0.4, -0.2) is 32.6 Å². The summed E-state index contributed by atoms with van der Waals surface area (Å²) in [5.41, 5.74) is 1.71. The smallest absolute Gasteiger partial charge is 0.341 e. The first-order chi connectivity index (χ1) is 16.0. The maximum atomic E-state index is 13.0. The van der Waals surface area contributed by atoms with Crippen LogP contribution in [-0.2, 0) is 14.3 Å². The summed E-state index contributed by atoms with van der Waals surface area (Å²) in [4.78, 5) is 13.0. The Bertz CT molecular complexity index is 1040. The fourth-order valence-corrected chi connectivity index (χ4v) is 3.89. The number of esters is 1. The summed E-state index contributed by atoms with van der Waals surface area (Å²) in [5.74, 6) is 2.49. The Morgan fingerprint density at radius 1 is 1.06 bits per heavy atom. The van der Waals surface area contributed by atoms with Crippen LogP contribution < -0.4 is 18.9 Å². The molecule has 2 aromatic rings. The van der Waals surface area contributed by atoms with E-state index in [1.807, 2.05) is 50.2 Å². The van der Waals surface area contributed by atoms with Gasteiger partial charge in [0.2, 0.25) is 6.79 Å². The molecule has 0 saturated heterocycles. The van der Waals surface area contributed by atoms with E-state index in [1.165, 1.54) is 7.11 Å². The number of unbranched alkanes of at least 4 members (excludes halogenated alkanes) is 2. The molecule has 176 valence electrons. The van der Waals surface area contributed by atoms with Gasteiger partial charge >= 0.3 is 5.97 Å². The molecule has 2 aliphatic heterocycles. The summed E-state index contributed by atoms with van der Waals surface area (Å²) >= 11 is 0. The fraction of sp³-hybridized carbons (Fsp3) is 0.423. The van der Waals surface area contributed by atoms with Gasteiger partial charge in [0.1, 0.15) is 22.8 Å². The Labute approximate surface area is 194 Å². The molecule has 2 aromatic carbocycles. The Morgan fingerprint density at radius 3 is 2.61 bits per heavy atom. The zero-order chi connectivity index (χ0) is 23.4. The van der Waals surface area contributed by atoms with Gasteiger partial charge in [0.25, 0.3) is 0 Å². The molecule has 1 atom stereocenters. The summed E-state index contributed by atoms with van der Waals surface area (Å²) in [6.45, 7) is 6.70. The van der Waals surface area contributed by atoms with Crippen LogP contribution in [0, 0.1) is 0 Å². The number of carbonyl (C=O) groups is 1. The van der Waals surface area contributed by atoms with Crippen LogP contribution >= 0.6 is 0 Å². The van der Waals surface area contributed by atoms with Crippen molar-refractivity contribution in [3.05, 3.63) is 53.1 Å². The molecule has 0 aliphatic carbocycles. The molecule has 7 nitrogen and oxygen atoms in total. The van der Waals surface area contributed by atoms with E-state index < -0.39 is 12.1 Å². The number of ether oxygens (including phenoxy) is 6. The van der Waals surface area contributed by atoms with Gasteiger partial charge in [-0.2, -0.15) is 0 Å². The Balaban J connectivity index is 1.81. The first kappa shape index (κ1) is 22.8. The van der Waals surface area contributed by atoms with Crippen molar-refractivity contribution in [1.29, 1.82) is 0 Å². The van der Waals surface area contributed by atoms with Gasteiger partial charge in [-0.3, -0.25) is 0 Å². The van der Waals surface area contributed by atoms with Crippen molar-refractivity contribution in [3.8, 4) is 23.0 Å². The number of carbonyl (C=O) groups excluding carboxylic acids is 1. The molecule has 0 radical (unpaired) electrons. The lowest BCUT2D eigenvalue weighted by Crippen LogP contribution is -2.25. The molecule has 0 amide bonds. The van der Waals surface area contributed by atoms with E-state index in [0.717, 1.165) is 24.8 Å². The van der Waals surface area contributed by atoms with E-state index in [0.29, 0.717) is 46.5 Å². The number of rotatable bonds is 9. The third-order valence-electron chi connectivity index (χ3n) is 5.42. The molecule has 7 heteroatoms. The second-order valence-electron chi connectivity index (χ2n) is 8.23. The van der Waals surface area contributed by atoms with Crippen LogP contribution in [0.2, 0.25) is 0 Å². The monoisotopic (exact) mass is 454 g/mol. The minimum atomic E-state index is -0.725. The number of hydrogen-bond acceptors (Lipinski definition) is 7. The largest absolute Gasteiger partial charge is 0.492 e. The van der Waals surface area contributed by atoms with Crippen LogP contribution in [0.25, 0.3) is 5.76 Å². The average molecular weight is 455 g/mol. The van der Waals surface area contributed by atoms with Crippen molar-refractivity contribution in [2.24, 2.45) is 0 Å². The molecule has 0 bridgehead atoms.